The zero-order valence-corrected chi connectivity index (χ0v) is 20.0. The minimum Gasteiger partial charge on any atom is -0.480 e. The van der Waals surface area contributed by atoms with E-state index >= 15 is 0 Å². The Balaban J connectivity index is 2.88. The van der Waals surface area contributed by atoms with Gasteiger partial charge in [0.15, 0.2) is 11.5 Å². The van der Waals surface area contributed by atoms with E-state index in [4.69, 9.17) is 14.2 Å². The van der Waals surface area contributed by atoms with Crippen molar-refractivity contribution in [3.8, 4) is 11.5 Å². The van der Waals surface area contributed by atoms with E-state index in [2.05, 4.69) is 5.32 Å². The minimum absolute atomic E-state index is 0.0532. The van der Waals surface area contributed by atoms with Gasteiger partial charge in [-0.2, -0.15) is 0 Å². The van der Waals surface area contributed by atoms with Crippen molar-refractivity contribution in [2.75, 3.05) is 6.54 Å². The molecule has 0 aliphatic heterocycles. The second-order valence-electron chi connectivity index (χ2n) is 7.88. The Morgan fingerprint density at radius 2 is 1.58 bits per heavy atom. The lowest BCUT2D eigenvalue weighted by Crippen LogP contribution is -2.43. The van der Waals surface area contributed by atoms with Gasteiger partial charge in [-0.3, -0.25) is 19.2 Å². The summed E-state index contributed by atoms with van der Waals surface area (Å²) in [6.07, 6.45) is 1.43. The zero-order valence-electron chi connectivity index (χ0n) is 20.0. The maximum atomic E-state index is 12.0. The van der Waals surface area contributed by atoms with E-state index in [-0.39, 0.29) is 49.2 Å². The first kappa shape index (κ1) is 28.1. The van der Waals surface area contributed by atoms with Gasteiger partial charge in [0.1, 0.15) is 12.1 Å². The lowest BCUT2D eigenvalue weighted by Gasteiger charge is -2.20. The highest BCUT2D eigenvalue weighted by atomic mass is 16.6. The van der Waals surface area contributed by atoms with E-state index in [1.165, 1.54) is 12.1 Å². The van der Waals surface area contributed by atoms with Gasteiger partial charge in [-0.1, -0.05) is 40.2 Å². The van der Waals surface area contributed by atoms with Gasteiger partial charge in [-0.05, 0) is 37.5 Å². The summed E-state index contributed by atoms with van der Waals surface area (Å²) in [5.74, 6) is -2.46. The number of hydrogen-bond donors (Lipinski definition) is 2. The van der Waals surface area contributed by atoms with Crippen molar-refractivity contribution >= 4 is 23.9 Å². The van der Waals surface area contributed by atoms with Crippen LogP contribution in [0.5, 0.6) is 11.5 Å². The first-order valence-corrected chi connectivity index (χ1v) is 11.3. The molecule has 9 nitrogen and oxygen atoms in total. The smallest absolute Gasteiger partial charge is 0.321 e. The normalized spacial score (nSPS) is 13.5. The van der Waals surface area contributed by atoms with Crippen molar-refractivity contribution in [1.82, 2.24) is 5.32 Å². The number of rotatable bonds is 14. The molecule has 0 saturated carbocycles. The van der Waals surface area contributed by atoms with Gasteiger partial charge in [0.25, 0.3) is 0 Å². The number of aliphatic carboxylic acids is 1. The van der Waals surface area contributed by atoms with Gasteiger partial charge in [0.2, 0.25) is 0 Å². The molecule has 33 heavy (non-hydrogen) atoms. The number of benzene rings is 1. The van der Waals surface area contributed by atoms with Crippen molar-refractivity contribution in [2.45, 2.75) is 78.9 Å². The van der Waals surface area contributed by atoms with Crippen LogP contribution in [0.1, 0.15) is 65.9 Å². The van der Waals surface area contributed by atoms with Crippen LogP contribution in [0.25, 0.3) is 0 Å². The number of carboxylic acids is 1. The minimum atomic E-state index is -1.08. The van der Waals surface area contributed by atoms with Crippen LogP contribution in [0, 0.1) is 5.92 Å². The molecule has 0 aliphatic carbocycles. The number of carboxylic acid groups (broad SMARTS) is 1. The molecule has 2 unspecified atom stereocenters. The van der Waals surface area contributed by atoms with Crippen molar-refractivity contribution in [2.24, 2.45) is 5.92 Å². The third-order valence-corrected chi connectivity index (χ3v) is 4.86. The molecule has 0 aromatic heterocycles. The highest BCUT2D eigenvalue weighted by molar-refractivity contribution is 5.76. The van der Waals surface area contributed by atoms with Gasteiger partial charge >= 0.3 is 23.9 Å². The molecule has 0 heterocycles. The molecule has 0 bridgehead atoms. The van der Waals surface area contributed by atoms with Gasteiger partial charge in [0.05, 0.1) is 5.92 Å². The average Bonchev–Trinajstić information content (AvgIpc) is 2.77. The molecular weight excluding hydrogens is 430 g/mol. The van der Waals surface area contributed by atoms with Gasteiger partial charge in [0, 0.05) is 19.4 Å². The topological polar surface area (TPSA) is 128 Å². The van der Waals surface area contributed by atoms with Gasteiger partial charge < -0.3 is 24.6 Å². The second-order valence-corrected chi connectivity index (χ2v) is 7.88. The first-order valence-electron chi connectivity index (χ1n) is 11.3. The van der Waals surface area contributed by atoms with E-state index in [1.54, 1.807) is 33.8 Å². The highest BCUT2D eigenvalue weighted by Crippen LogP contribution is 2.30. The fourth-order valence-corrected chi connectivity index (χ4v) is 2.93. The predicted molar refractivity (Wildman–Crippen MR) is 121 cm³/mol. The van der Waals surface area contributed by atoms with Crippen LogP contribution in [-0.4, -0.2) is 47.7 Å². The third-order valence-electron chi connectivity index (χ3n) is 4.86. The lowest BCUT2D eigenvalue weighted by atomic mass is 10.0. The van der Waals surface area contributed by atoms with E-state index in [0.717, 1.165) is 12.8 Å². The number of nitrogens with one attached hydrogen (secondary N) is 1. The molecule has 0 saturated heterocycles. The summed E-state index contributed by atoms with van der Waals surface area (Å²) in [5.41, 5.74) is 0.561. The molecule has 9 heteroatoms. The van der Waals surface area contributed by atoms with Crippen LogP contribution in [0.2, 0.25) is 0 Å². The maximum absolute atomic E-state index is 12.0. The molecule has 0 amide bonds. The summed E-state index contributed by atoms with van der Waals surface area (Å²) < 4.78 is 15.9. The second kappa shape index (κ2) is 14.3. The van der Waals surface area contributed by atoms with Crippen molar-refractivity contribution in [3.05, 3.63) is 23.8 Å². The van der Waals surface area contributed by atoms with Crippen LogP contribution < -0.4 is 14.8 Å². The van der Waals surface area contributed by atoms with Crippen LogP contribution >= 0.6 is 0 Å². The zero-order chi connectivity index (χ0) is 25.0. The van der Waals surface area contributed by atoms with Gasteiger partial charge in [-0.25, -0.2) is 0 Å². The molecule has 0 aliphatic rings. The van der Waals surface area contributed by atoms with Crippen LogP contribution in [-0.2, 0) is 30.3 Å². The molecule has 1 aromatic carbocycles. The van der Waals surface area contributed by atoms with Crippen LogP contribution in [0.15, 0.2) is 18.2 Å². The number of ether oxygens (including phenoxy) is 3. The molecule has 184 valence electrons. The van der Waals surface area contributed by atoms with E-state index in [1.807, 2.05) is 6.92 Å². The quantitative estimate of drug-likeness (QED) is 0.314. The highest BCUT2D eigenvalue weighted by Gasteiger charge is 2.22. The molecular formula is C24H35NO8. The summed E-state index contributed by atoms with van der Waals surface area (Å²) >= 11 is 0. The van der Waals surface area contributed by atoms with Crippen LogP contribution in [0.4, 0.5) is 0 Å². The monoisotopic (exact) mass is 465 g/mol. The van der Waals surface area contributed by atoms with Crippen molar-refractivity contribution < 1.29 is 38.5 Å². The van der Waals surface area contributed by atoms with Crippen LogP contribution in [0.3, 0.4) is 0 Å². The molecule has 3 atom stereocenters. The Hall–Kier alpha value is -2.94. The number of esters is 3. The summed E-state index contributed by atoms with van der Waals surface area (Å²) in [7, 11) is 0. The molecule has 1 rings (SSSR count). The fraction of sp³-hybridized carbons (Fsp3) is 0.583. The number of hydrogen-bond acceptors (Lipinski definition) is 8. The Morgan fingerprint density at radius 3 is 2.12 bits per heavy atom. The first-order chi connectivity index (χ1) is 15.6. The standard InChI is InChI=1S/C24H35NO8/c1-6-9-15(4)24(30)31-16(5)14-25-18(23(28)29)12-17-10-11-19(32-21(26)7-2)20(13-17)33-22(27)8-3/h10-11,13,15-16,18,25H,6-9,12,14H2,1-5H3,(H,28,29)/t15?,16?,18-/m0/s1. The lowest BCUT2D eigenvalue weighted by molar-refractivity contribution is -0.152. The van der Waals surface area contributed by atoms with E-state index in [9.17, 15) is 24.3 Å². The Morgan fingerprint density at radius 1 is 0.970 bits per heavy atom. The van der Waals surface area contributed by atoms with E-state index in [0.29, 0.717) is 5.56 Å². The predicted octanol–water partition coefficient (Wildman–Crippen LogP) is 3.27. The van der Waals surface area contributed by atoms with E-state index < -0.39 is 30.1 Å². The summed E-state index contributed by atoms with van der Waals surface area (Å²) in [6.45, 7) is 8.91. The molecule has 2 N–H and O–H groups in total. The van der Waals surface area contributed by atoms with Gasteiger partial charge in [-0.15, -0.1) is 0 Å². The maximum Gasteiger partial charge on any atom is 0.321 e. The molecule has 0 fully saturated rings. The van der Waals surface area contributed by atoms with Crippen molar-refractivity contribution in [3.63, 3.8) is 0 Å². The number of carbonyl (C=O) groups is 4. The number of carbonyl (C=O) groups excluding carboxylic acids is 3. The Kier molecular flexibility index (Phi) is 12.1. The summed E-state index contributed by atoms with van der Waals surface area (Å²) in [5, 5.41) is 12.5. The average molecular weight is 466 g/mol. The SMILES string of the molecule is CCCC(C)C(=O)OC(C)CN[C@@H](Cc1ccc(OC(=O)CC)c(OC(=O)CC)c1)C(=O)O. The third kappa shape index (κ3) is 10.0. The molecule has 1 aromatic rings. The Bertz CT molecular complexity index is 823. The Labute approximate surface area is 194 Å². The van der Waals surface area contributed by atoms with Crippen molar-refractivity contribution in [1.29, 1.82) is 0 Å². The summed E-state index contributed by atoms with van der Waals surface area (Å²) in [6, 6.07) is 3.59. The molecule has 0 radical (unpaired) electrons. The fourth-order valence-electron chi connectivity index (χ4n) is 2.93. The summed E-state index contributed by atoms with van der Waals surface area (Å²) in [4.78, 5) is 47.2. The largest absolute Gasteiger partial charge is 0.480 e. The molecule has 0 spiro atoms.